The highest BCUT2D eigenvalue weighted by Crippen LogP contribution is 2.25. The minimum absolute atomic E-state index is 0.179. The second-order valence-electron chi connectivity index (χ2n) is 6.92. The van der Waals surface area contributed by atoms with Gasteiger partial charge in [-0.25, -0.2) is 8.42 Å². The number of carbonyl (C=O) groups excluding carboxylic acids is 1. The zero-order chi connectivity index (χ0) is 19.6. The summed E-state index contributed by atoms with van der Waals surface area (Å²) in [6.07, 6.45) is 4.50. The molecular formula is C20H23IN2O3S. The fourth-order valence-electron chi connectivity index (χ4n) is 3.37. The van der Waals surface area contributed by atoms with Gasteiger partial charge in [-0.3, -0.25) is 9.10 Å². The molecule has 0 aliphatic heterocycles. The van der Waals surface area contributed by atoms with Crippen LogP contribution in [-0.4, -0.2) is 27.1 Å². The summed E-state index contributed by atoms with van der Waals surface area (Å²) in [4.78, 5) is 12.5. The molecule has 7 heteroatoms. The lowest BCUT2D eigenvalue weighted by molar-refractivity contribution is -0.120. The minimum atomic E-state index is -3.56. The number of fused-ring (bicyclic) bond motifs is 1. The molecular weight excluding hydrogens is 475 g/mol. The molecule has 1 unspecified atom stereocenters. The molecule has 5 nitrogen and oxygen atoms in total. The number of anilines is 1. The monoisotopic (exact) mass is 498 g/mol. The average molecular weight is 498 g/mol. The summed E-state index contributed by atoms with van der Waals surface area (Å²) < 4.78 is 26.5. The van der Waals surface area contributed by atoms with Crippen LogP contribution in [0.25, 0.3) is 0 Å². The van der Waals surface area contributed by atoms with E-state index in [4.69, 9.17) is 0 Å². The molecule has 0 radical (unpaired) electrons. The van der Waals surface area contributed by atoms with Gasteiger partial charge >= 0.3 is 0 Å². The van der Waals surface area contributed by atoms with E-state index in [9.17, 15) is 13.2 Å². The van der Waals surface area contributed by atoms with Gasteiger partial charge in [-0.2, -0.15) is 0 Å². The fraction of sp³-hybridized carbons (Fsp3) is 0.350. The summed E-state index contributed by atoms with van der Waals surface area (Å²) in [6.45, 7) is 1.68. The molecule has 0 saturated heterocycles. The molecule has 0 bridgehead atoms. The van der Waals surface area contributed by atoms with E-state index in [1.807, 2.05) is 25.1 Å². The molecule has 2 aromatic rings. The van der Waals surface area contributed by atoms with Crippen LogP contribution in [0.2, 0.25) is 0 Å². The summed E-state index contributed by atoms with van der Waals surface area (Å²) in [5.74, 6) is -0.327. The fourth-order valence-corrected chi connectivity index (χ4v) is 4.59. The van der Waals surface area contributed by atoms with Gasteiger partial charge in [0.2, 0.25) is 15.9 Å². The van der Waals surface area contributed by atoms with Crippen LogP contribution >= 0.6 is 22.6 Å². The molecule has 0 aromatic heterocycles. The molecule has 0 saturated carbocycles. The van der Waals surface area contributed by atoms with Gasteiger partial charge < -0.3 is 5.32 Å². The summed E-state index contributed by atoms with van der Waals surface area (Å²) in [5, 5.41) is 2.92. The highest BCUT2D eigenvalue weighted by molar-refractivity contribution is 14.1. The Morgan fingerprint density at radius 2 is 1.81 bits per heavy atom. The van der Waals surface area contributed by atoms with Crippen molar-refractivity contribution in [3.8, 4) is 0 Å². The SMILES string of the molecule is CC(NC(=O)CN(c1ccc(I)cc1)S(C)(=O)=O)c1ccc2c(c1)CCC2. The lowest BCUT2D eigenvalue weighted by Gasteiger charge is -2.23. The number of rotatable bonds is 6. The van der Waals surface area contributed by atoms with Gasteiger partial charge in [0.1, 0.15) is 6.54 Å². The molecule has 0 fully saturated rings. The number of halogens is 1. The van der Waals surface area contributed by atoms with Crippen LogP contribution in [0.4, 0.5) is 5.69 Å². The first kappa shape index (κ1) is 20.1. The standard InChI is InChI=1S/C20H23IN2O3S/c1-14(16-7-6-15-4-3-5-17(15)12-16)22-20(24)13-23(27(2,25)26)19-10-8-18(21)9-11-19/h6-12,14H,3-5,13H2,1-2H3,(H,22,24). The number of aryl methyl sites for hydroxylation is 2. The largest absolute Gasteiger partial charge is 0.348 e. The molecule has 27 heavy (non-hydrogen) atoms. The first-order valence-electron chi connectivity index (χ1n) is 8.88. The molecule has 1 aliphatic rings. The van der Waals surface area contributed by atoms with E-state index in [-0.39, 0.29) is 18.5 Å². The second kappa shape index (κ2) is 8.18. The van der Waals surface area contributed by atoms with E-state index in [0.717, 1.165) is 32.5 Å². The van der Waals surface area contributed by atoms with Crippen LogP contribution < -0.4 is 9.62 Å². The third-order valence-electron chi connectivity index (χ3n) is 4.80. The van der Waals surface area contributed by atoms with Crippen LogP contribution in [0.1, 0.15) is 36.1 Å². The van der Waals surface area contributed by atoms with Gasteiger partial charge in [-0.1, -0.05) is 18.2 Å². The molecule has 3 rings (SSSR count). The summed E-state index contributed by atoms with van der Waals surface area (Å²) >= 11 is 2.15. The van der Waals surface area contributed by atoms with E-state index in [2.05, 4.69) is 40.0 Å². The van der Waals surface area contributed by atoms with E-state index in [0.29, 0.717) is 5.69 Å². The van der Waals surface area contributed by atoms with Crippen molar-refractivity contribution >= 4 is 44.2 Å². The number of hydrogen-bond donors (Lipinski definition) is 1. The van der Waals surface area contributed by atoms with Crippen molar-refractivity contribution in [2.45, 2.75) is 32.2 Å². The summed E-state index contributed by atoms with van der Waals surface area (Å²) in [7, 11) is -3.56. The predicted molar refractivity (Wildman–Crippen MR) is 116 cm³/mol. The molecule has 0 heterocycles. The summed E-state index contributed by atoms with van der Waals surface area (Å²) in [6, 6.07) is 13.2. The Balaban J connectivity index is 1.71. The predicted octanol–water partition coefficient (Wildman–Crippen LogP) is 3.42. The van der Waals surface area contributed by atoms with E-state index < -0.39 is 10.0 Å². The van der Waals surface area contributed by atoms with Crippen molar-refractivity contribution < 1.29 is 13.2 Å². The maximum Gasteiger partial charge on any atom is 0.241 e. The van der Waals surface area contributed by atoms with Crippen molar-refractivity contribution in [2.75, 3.05) is 17.1 Å². The summed E-state index contributed by atoms with van der Waals surface area (Å²) in [5.41, 5.74) is 4.27. The smallest absolute Gasteiger partial charge is 0.241 e. The molecule has 144 valence electrons. The highest BCUT2D eigenvalue weighted by Gasteiger charge is 2.22. The lowest BCUT2D eigenvalue weighted by Crippen LogP contribution is -2.41. The first-order valence-corrected chi connectivity index (χ1v) is 11.8. The Hall–Kier alpha value is -1.61. The second-order valence-corrected chi connectivity index (χ2v) is 10.1. The van der Waals surface area contributed by atoms with Crippen molar-refractivity contribution in [3.63, 3.8) is 0 Å². The topological polar surface area (TPSA) is 66.5 Å². The van der Waals surface area contributed by atoms with Gasteiger partial charge in [0, 0.05) is 3.57 Å². The molecule has 1 aliphatic carbocycles. The maximum absolute atomic E-state index is 12.5. The molecule has 2 aromatic carbocycles. The zero-order valence-corrected chi connectivity index (χ0v) is 18.4. The van der Waals surface area contributed by atoms with Gasteiger partial charge in [0.25, 0.3) is 0 Å². The molecule has 1 atom stereocenters. The highest BCUT2D eigenvalue weighted by atomic mass is 127. The third-order valence-corrected chi connectivity index (χ3v) is 6.66. The Bertz CT molecular complexity index is 942. The van der Waals surface area contributed by atoms with E-state index in [1.165, 1.54) is 17.5 Å². The van der Waals surface area contributed by atoms with Gasteiger partial charge in [0.05, 0.1) is 18.0 Å². The molecule has 1 N–H and O–H groups in total. The lowest BCUT2D eigenvalue weighted by atomic mass is 10.0. The Morgan fingerprint density at radius 3 is 2.48 bits per heavy atom. The quantitative estimate of drug-likeness (QED) is 0.621. The Morgan fingerprint density at radius 1 is 1.15 bits per heavy atom. The Labute approximate surface area is 174 Å². The van der Waals surface area contributed by atoms with Crippen LogP contribution in [-0.2, 0) is 27.7 Å². The number of nitrogens with zero attached hydrogens (tertiary/aromatic N) is 1. The number of amides is 1. The van der Waals surface area contributed by atoms with E-state index >= 15 is 0 Å². The number of benzene rings is 2. The van der Waals surface area contributed by atoms with Crippen LogP contribution in [0.5, 0.6) is 0 Å². The third kappa shape index (κ3) is 5.01. The van der Waals surface area contributed by atoms with Crippen LogP contribution in [0, 0.1) is 3.57 Å². The van der Waals surface area contributed by atoms with Crippen molar-refractivity contribution in [1.29, 1.82) is 0 Å². The van der Waals surface area contributed by atoms with Crippen molar-refractivity contribution in [2.24, 2.45) is 0 Å². The van der Waals surface area contributed by atoms with Gasteiger partial charge in [-0.05, 0) is 89.7 Å². The normalized spacial score (nSPS) is 14.5. The minimum Gasteiger partial charge on any atom is -0.348 e. The Kier molecular flexibility index (Phi) is 6.10. The maximum atomic E-state index is 12.5. The van der Waals surface area contributed by atoms with Crippen LogP contribution in [0.15, 0.2) is 42.5 Å². The van der Waals surface area contributed by atoms with Gasteiger partial charge in [0.15, 0.2) is 0 Å². The average Bonchev–Trinajstić information content (AvgIpc) is 3.07. The zero-order valence-electron chi connectivity index (χ0n) is 15.4. The number of sulfonamides is 1. The molecule has 0 spiro atoms. The number of hydrogen-bond acceptors (Lipinski definition) is 3. The number of carbonyl (C=O) groups is 1. The van der Waals surface area contributed by atoms with Gasteiger partial charge in [-0.15, -0.1) is 0 Å². The molecule has 1 amide bonds. The van der Waals surface area contributed by atoms with Crippen LogP contribution in [0.3, 0.4) is 0 Å². The van der Waals surface area contributed by atoms with E-state index in [1.54, 1.807) is 12.1 Å². The number of nitrogens with one attached hydrogen (secondary N) is 1. The van der Waals surface area contributed by atoms with Crippen molar-refractivity contribution in [1.82, 2.24) is 5.32 Å². The first-order chi connectivity index (χ1) is 12.7. The van der Waals surface area contributed by atoms with Crippen molar-refractivity contribution in [3.05, 3.63) is 62.7 Å².